The van der Waals surface area contributed by atoms with Gasteiger partial charge in [-0.25, -0.2) is 4.79 Å². The Hall–Kier alpha value is -4.65. The van der Waals surface area contributed by atoms with Crippen LogP contribution in [-0.2, 0) is 6.42 Å². The summed E-state index contributed by atoms with van der Waals surface area (Å²) >= 11 is 0. The molecule has 0 amide bonds. The summed E-state index contributed by atoms with van der Waals surface area (Å²) in [7, 11) is 0. The molecule has 4 aromatic carbocycles. The van der Waals surface area contributed by atoms with E-state index in [1.807, 2.05) is 49.4 Å². The molecule has 0 radical (unpaired) electrons. The number of aryl methyl sites for hydroxylation is 2. The molecule has 0 N–H and O–H groups in total. The normalized spacial score (nSPS) is 11.3. The fourth-order valence-electron chi connectivity index (χ4n) is 4.29. The maximum absolute atomic E-state index is 12.8. The van der Waals surface area contributed by atoms with Crippen LogP contribution in [-0.4, -0.2) is 19.1 Å². The Bertz CT molecular complexity index is 1470. The van der Waals surface area contributed by atoms with Crippen LogP contribution in [0.1, 0.15) is 55.1 Å². The van der Waals surface area contributed by atoms with Gasteiger partial charge in [-0.2, -0.15) is 20.5 Å². The van der Waals surface area contributed by atoms with E-state index >= 15 is 0 Å². The average Bonchev–Trinajstić information content (AvgIpc) is 3.01. The van der Waals surface area contributed by atoms with Gasteiger partial charge >= 0.3 is 5.97 Å². The van der Waals surface area contributed by atoms with Crippen molar-refractivity contribution in [1.82, 2.24) is 0 Å². The second kappa shape index (κ2) is 14.7. The first kappa shape index (κ1) is 29.3. The molecular formula is C34H37N5O2. The minimum atomic E-state index is -0.443. The number of hydrogen-bond donors (Lipinski definition) is 0. The molecule has 0 aliphatic rings. The van der Waals surface area contributed by atoms with Crippen molar-refractivity contribution in [3.05, 3.63) is 108 Å². The Kier molecular flexibility index (Phi) is 10.5. The highest BCUT2D eigenvalue weighted by atomic mass is 16.5. The summed E-state index contributed by atoms with van der Waals surface area (Å²) in [5.41, 5.74) is 6.60. The third-order valence-electron chi connectivity index (χ3n) is 6.76. The minimum absolute atomic E-state index is 0.429. The monoisotopic (exact) mass is 547 g/mol. The van der Waals surface area contributed by atoms with Gasteiger partial charge in [0.05, 0.1) is 28.3 Å². The number of unbranched alkanes of at least 4 members (excludes halogenated alkanes) is 1. The molecule has 0 saturated heterocycles. The zero-order valence-corrected chi connectivity index (χ0v) is 24.2. The van der Waals surface area contributed by atoms with Crippen LogP contribution in [0.25, 0.3) is 0 Å². The Labute approximate surface area is 242 Å². The van der Waals surface area contributed by atoms with Crippen molar-refractivity contribution < 1.29 is 9.53 Å². The van der Waals surface area contributed by atoms with E-state index in [9.17, 15) is 4.79 Å². The highest BCUT2D eigenvalue weighted by Gasteiger charge is 2.11. The molecule has 210 valence electrons. The molecule has 0 fully saturated rings. The summed E-state index contributed by atoms with van der Waals surface area (Å²) in [5.74, 6) is 0.0345. The summed E-state index contributed by atoms with van der Waals surface area (Å²) in [6, 6.07) is 28.4. The largest absolute Gasteiger partial charge is 0.423 e. The number of rotatable bonds is 12. The first-order valence-corrected chi connectivity index (χ1v) is 14.2. The highest BCUT2D eigenvalue weighted by molar-refractivity contribution is 5.91. The van der Waals surface area contributed by atoms with Crippen LogP contribution < -0.4 is 9.64 Å². The van der Waals surface area contributed by atoms with E-state index < -0.39 is 5.97 Å². The molecular weight excluding hydrogens is 510 g/mol. The molecule has 0 spiro atoms. The summed E-state index contributed by atoms with van der Waals surface area (Å²) in [6.07, 6.45) is 3.44. The van der Waals surface area contributed by atoms with Gasteiger partial charge in [0.25, 0.3) is 0 Å². The van der Waals surface area contributed by atoms with E-state index in [0.717, 1.165) is 42.1 Å². The van der Waals surface area contributed by atoms with Gasteiger partial charge < -0.3 is 9.64 Å². The third-order valence-corrected chi connectivity index (χ3v) is 6.76. The maximum Gasteiger partial charge on any atom is 0.343 e. The summed E-state index contributed by atoms with van der Waals surface area (Å²) in [4.78, 5) is 15.0. The number of azo groups is 2. The third kappa shape index (κ3) is 8.42. The molecule has 7 nitrogen and oxygen atoms in total. The second-order valence-corrected chi connectivity index (χ2v) is 9.74. The Morgan fingerprint density at radius 2 is 1.20 bits per heavy atom. The van der Waals surface area contributed by atoms with Crippen molar-refractivity contribution >= 4 is 34.4 Å². The van der Waals surface area contributed by atoms with Crippen LogP contribution >= 0.6 is 0 Å². The van der Waals surface area contributed by atoms with Gasteiger partial charge in [-0.15, -0.1) is 0 Å². The molecule has 4 aromatic rings. The van der Waals surface area contributed by atoms with Gasteiger partial charge in [0.15, 0.2) is 0 Å². The van der Waals surface area contributed by atoms with Crippen LogP contribution in [0.3, 0.4) is 0 Å². The molecule has 41 heavy (non-hydrogen) atoms. The lowest BCUT2D eigenvalue weighted by Crippen LogP contribution is -2.21. The second-order valence-electron chi connectivity index (χ2n) is 9.74. The smallest absolute Gasteiger partial charge is 0.343 e. The van der Waals surface area contributed by atoms with Crippen LogP contribution in [0.2, 0.25) is 0 Å². The number of anilines is 1. The van der Waals surface area contributed by atoms with Gasteiger partial charge in [0.2, 0.25) is 0 Å². The number of benzene rings is 4. The molecule has 0 aliphatic heterocycles. The van der Waals surface area contributed by atoms with E-state index in [-0.39, 0.29) is 0 Å². The standard InChI is InChI=1S/C34H37N5O2/c1-5-8-9-26-10-14-28(15-11-26)37-38-31-20-23-33(25(4)24-31)41-34(40)27-12-16-29(17-13-27)35-36-30-18-21-32(22-19-30)39(6-2)7-3/h10-24H,5-9H2,1-4H3. The van der Waals surface area contributed by atoms with Crippen molar-refractivity contribution in [1.29, 1.82) is 0 Å². The van der Waals surface area contributed by atoms with Crippen molar-refractivity contribution in [2.75, 3.05) is 18.0 Å². The van der Waals surface area contributed by atoms with Crippen LogP contribution in [0.5, 0.6) is 5.75 Å². The van der Waals surface area contributed by atoms with E-state index in [0.29, 0.717) is 22.7 Å². The molecule has 0 unspecified atom stereocenters. The van der Waals surface area contributed by atoms with Crippen LogP contribution in [0.15, 0.2) is 111 Å². The fourth-order valence-corrected chi connectivity index (χ4v) is 4.29. The van der Waals surface area contributed by atoms with E-state index in [1.54, 1.807) is 36.4 Å². The molecule has 0 atom stereocenters. The number of nitrogens with zero attached hydrogens (tertiary/aromatic N) is 5. The lowest BCUT2D eigenvalue weighted by Gasteiger charge is -2.20. The Balaban J connectivity index is 1.33. The topological polar surface area (TPSA) is 79.0 Å². The molecule has 7 heteroatoms. The zero-order chi connectivity index (χ0) is 29.0. The van der Waals surface area contributed by atoms with Crippen LogP contribution in [0.4, 0.5) is 28.4 Å². The minimum Gasteiger partial charge on any atom is -0.423 e. The predicted molar refractivity (Wildman–Crippen MR) is 166 cm³/mol. The summed E-state index contributed by atoms with van der Waals surface area (Å²) in [6.45, 7) is 10.3. The maximum atomic E-state index is 12.8. The van der Waals surface area contributed by atoms with Crippen molar-refractivity contribution in [3.8, 4) is 5.75 Å². The van der Waals surface area contributed by atoms with Crippen molar-refractivity contribution in [2.24, 2.45) is 20.5 Å². The first-order chi connectivity index (χ1) is 20.0. The van der Waals surface area contributed by atoms with Crippen molar-refractivity contribution in [3.63, 3.8) is 0 Å². The molecule has 0 aromatic heterocycles. The lowest BCUT2D eigenvalue weighted by molar-refractivity contribution is 0.0733. The quantitative estimate of drug-likeness (QED) is 0.100. The molecule has 4 rings (SSSR count). The number of esters is 1. The molecule has 0 aliphatic carbocycles. The highest BCUT2D eigenvalue weighted by Crippen LogP contribution is 2.27. The Morgan fingerprint density at radius 1 is 0.683 bits per heavy atom. The van der Waals surface area contributed by atoms with Crippen LogP contribution in [0, 0.1) is 6.92 Å². The average molecular weight is 548 g/mol. The van der Waals surface area contributed by atoms with E-state index in [2.05, 4.69) is 58.3 Å². The van der Waals surface area contributed by atoms with Gasteiger partial charge in [0.1, 0.15) is 5.75 Å². The van der Waals surface area contributed by atoms with Gasteiger partial charge in [-0.1, -0.05) is 25.5 Å². The molecule has 0 bridgehead atoms. The fraction of sp³-hybridized carbons (Fsp3) is 0.265. The number of carbonyl (C=O) groups is 1. The molecule has 0 heterocycles. The van der Waals surface area contributed by atoms with E-state index in [4.69, 9.17) is 4.74 Å². The Morgan fingerprint density at radius 3 is 1.73 bits per heavy atom. The van der Waals surface area contributed by atoms with Gasteiger partial charge in [-0.05, 0) is 124 Å². The molecule has 0 saturated carbocycles. The van der Waals surface area contributed by atoms with Gasteiger partial charge in [0, 0.05) is 18.8 Å². The SMILES string of the molecule is CCCCc1ccc(N=Nc2ccc(OC(=O)c3ccc(N=Nc4ccc(N(CC)CC)cc4)cc3)c(C)c2)cc1. The van der Waals surface area contributed by atoms with E-state index in [1.165, 1.54) is 18.4 Å². The number of ether oxygens (including phenoxy) is 1. The first-order valence-electron chi connectivity index (χ1n) is 14.2. The zero-order valence-electron chi connectivity index (χ0n) is 24.2. The van der Waals surface area contributed by atoms with Gasteiger partial charge in [-0.3, -0.25) is 0 Å². The number of hydrogen-bond acceptors (Lipinski definition) is 7. The lowest BCUT2D eigenvalue weighted by atomic mass is 10.1. The summed E-state index contributed by atoms with van der Waals surface area (Å²) in [5, 5.41) is 17.3. The summed E-state index contributed by atoms with van der Waals surface area (Å²) < 4.78 is 5.64. The predicted octanol–water partition coefficient (Wildman–Crippen LogP) is 10.2. The van der Waals surface area contributed by atoms with Crippen molar-refractivity contribution in [2.45, 2.75) is 47.0 Å². The number of carbonyl (C=O) groups excluding carboxylic acids is 1.